The number of hydrogen-bond donors (Lipinski definition) is 6. The van der Waals surface area contributed by atoms with Crippen LogP contribution in [0.4, 0.5) is 17.8 Å². The van der Waals surface area contributed by atoms with Gasteiger partial charge in [-0.2, -0.15) is 15.0 Å². The second-order valence-electron chi connectivity index (χ2n) is 33.7. The van der Waals surface area contributed by atoms with Gasteiger partial charge in [0.2, 0.25) is 17.8 Å². The lowest BCUT2D eigenvalue weighted by atomic mass is 9.89. The van der Waals surface area contributed by atoms with Gasteiger partial charge in [-0.25, -0.2) is 15.0 Å². The second kappa shape index (κ2) is 33.2. The number of pyridine rings is 1. The number of likely N-dealkylation sites (tertiary alicyclic amines) is 3. The number of aliphatic hydroxyl groups excluding tert-OH is 3. The number of amides is 3. The van der Waals surface area contributed by atoms with Crippen molar-refractivity contribution in [3.8, 4) is 0 Å². The molecule has 6 atom stereocenters. The summed E-state index contributed by atoms with van der Waals surface area (Å²) >= 11 is 0. The third kappa shape index (κ3) is 16.8. The normalized spacial score (nSPS) is 26.5. The number of carbonyl (C=O) groups excluding carboxylic acids is 3. The summed E-state index contributed by atoms with van der Waals surface area (Å²) in [6.07, 6.45) is 36.1. The highest BCUT2D eigenvalue weighted by molar-refractivity contribution is 5.96. The Morgan fingerprint density at radius 2 is 0.664 bits per heavy atom. The average molecular weight is 1490 g/mol. The quantitative estimate of drug-likeness (QED) is 0.0466. The lowest BCUT2D eigenvalue weighted by Gasteiger charge is -2.32. The molecule has 0 bridgehead atoms. The van der Waals surface area contributed by atoms with Crippen molar-refractivity contribution in [3.63, 3.8) is 0 Å². The molecule has 9 aliphatic rings. The molecular formula is C88H114N16O6. The van der Waals surface area contributed by atoms with Gasteiger partial charge in [-0.05, 0) is 237 Å². The van der Waals surface area contributed by atoms with Gasteiger partial charge in [0.05, 0.1) is 18.3 Å². The number of carbonyl (C=O) groups is 3. The van der Waals surface area contributed by atoms with E-state index >= 15 is 0 Å². The van der Waals surface area contributed by atoms with E-state index in [1.54, 1.807) is 0 Å². The van der Waals surface area contributed by atoms with Crippen molar-refractivity contribution < 1.29 is 29.7 Å². The Labute approximate surface area is 647 Å². The number of aryl methyl sites for hydroxylation is 2. The maximum Gasteiger partial charge on any atom is 0.253 e. The maximum absolute atomic E-state index is 13.2. The molecule has 6 saturated carbocycles. The molecule has 10 heterocycles. The molecule has 3 saturated heterocycles. The Balaban J connectivity index is 0.000000125. The standard InChI is InChI=1S/C30H40N6O2.2C29H37N5O2/c1-4-20-15-27(20)33-30-31-16-25-26(17-36(28(25)34-30)23-5-7-24(37)8-6-23)21-9-11-35(12-10-21)29(38)22-13-18(2)32-19(3)14-22;2*1-2-19-16-26(19)31-29-30-17-24-25(18-34(27(24)32-29)22-8-10-23(35)11-9-22)20-12-14-33(15-13-20)28(36)21-6-4-3-5-7-21/h13-14,16-17,20-21,23-24,27,37H,4-12,15H2,1-3H3,(H,31,33,34);2*3-7,17-20,22-23,26,35H,2,8-16H2,1H3,(H,30,31,32)/t20-,23?,24?,27-;2*19-,22?,23?,26-/m110/s1. The van der Waals surface area contributed by atoms with Crippen LogP contribution in [-0.2, 0) is 0 Å². The minimum absolute atomic E-state index is 0.102. The van der Waals surface area contributed by atoms with Crippen LogP contribution in [0.25, 0.3) is 33.1 Å². The summed E-state index contributed by atoms with van der Waals surface area (Å²) in [6.45, 7) is 15.1. The monoisotopic (exact) mass is 1490 g/mol. The number of aliphatic hydroxyl groups is 3. The highest BCUT2D eigenvalue weighted by Crippen LogP contribution is 2.45. The van der Waals surface area contributed by atoms with Crippen molar-refractivity contribution in [1.29, 1.82) is 0 Å². The van der Waals surface area contributed by atoms with Crippen LogP contribution >= 0.6 is 0 Å². The smallest absolute Gasteiger partial charge is 0.253 e. The van der Waals surface area contributed by atoms with Crippen LogP contribution < -0.4 is 16.0 Å². The number of nitrogens with zero attached hydrogens (tertiary/aromatic N) is 13. The summed E-state index contributed by atoms with van der Waals surface area (Å²) in [7, 11) is 0. The van der Waals surface area contributed by atoms with Gasteiger partial charge in [-0.3, -0.25) is 19.4 Å². The van der Waals surface area contributed by atoms with Crippen molar-refractivity contribution >= 4 is 68.7 Å². The maximum atomic E-state index is 13.2. The summed E-state index contributed by atoms with van der Waals surface area (Å²) in [5.41, 5.74) is 11.0. The minimum atomic E-state index is -0.185. The molecule has 110 heavy (non-hydrogen) atoms. The highest BCUT2D eigenvalue weighted by Gasteiger charge is 2.40. The van der Waals surface area contributed by atoms with Crippen molar-refractivity contribution in [2.24, 2.45) is 17.8 Å². The summed E-state index contributed by atoms with van der Waals surface area (Å²) in [5.74, 6) is 5.87. The minimum Gasteiger partial charge on any atom is -0.393 e. The lowest BCUT2D eigenvalue weighted by molar-refractivity contribution is 0.0705. The van der Waals surface area contributed by atoms with E-state index < -0.39 is 0 Å². The molecule has 0 radical (unpaired) electrons. The molecule has 3 amide bonds. The molecule has 6 aliphatic carbocycles. The van der Waals surface area contributed by atoms with Gasteiger partial charge in [0.1, 0.15) is 16.9 Å². The molecule has 582 valence electrons. The number of anilines is 3. The first kappa shape index (κ1) is 75.2. The van der Waals surface area contributed by atoms with Crippen LogP contribution in [0.15, 0.2) is 110 Å². The molecule has 3 aliphatic heterocycles. The Morgan fingerprint density at radius 3 is 0.936 bits per heavy atom. The van der Waals surface area contributed by atoms with Gasteiger partial charge >= 0.3 is 0 Å². The molecule has 18 rings (SSSR count). The number of aromatic nitrogens is 10. The summed E-state index contributed by atoms with van der Waals surface area (Å²) < 4.78 is 7.11. The third-order valence-corrected chi connectivity index (χ3v) is 26.3. The van der Waals surface area contributed by atoms with E-state index in [0.29, 0.717) is 54.0 Å². The fourth-order valence-electron chi connectivity index (χ4n) is 19.2. The van der Waals surface area contributed by atoms with E-state index in [2.05, 4.69) is 74.0 Å². The topological polar surface area (TPSA) is 263 Å². The number of fused-ring (bicyclic) bond motifs is 3. The fourth-order valence-corrected chi connectivity index (χ4v) is 19.2. The van der Waals surface area contributed by atoms with Crippen molar-refractivity contribution in [2.75, 3.05) is 55.2 Å². The van der Waals surface area contributed by atoms with E-state index in [4.69, 9.17) is 29.9 Å². The van der Waals surface area contributed by atoms with Gasteiger partial charge in [0.25, 0.3) is 17.7 Å². The first-order valence-electron chi connectivity index (χ1n) is 42.0. The first-order chi connectivity index (χ1) is 53.6. The van der Waals surface area contributed by atoms with E-state index in [-0.39, 0.29) is 36.0 Å². The van der Waals surface area contributed by atoms with Gasteiger partial charge in [-0.15, -0.1) is 0 Å². The molecule has 22 heteroatoms. The van der Waals surface area contributed by atoms with Gasteiger partial charge in [0, 0.05) is 157 Å². The van der Waals surface area contributed by atoms with Gasteiger partial charge < -0.3 is 59.7 Å². The van der Waals surface area contributed by atoms with E-state index in [9.17, 15) is 29.7 Å². The van der Waals surface area contributed by atoms with Gasteiger partial charge in [0.15, 0.2) is 0 Å². The molecule has 22 nitrogen and oxygen atoms in total. The SMILES string of the molecule is CC[C@@H]1C[C@H]1Nc1ncc2c(C3CCN(C(=O)c4cc(C)nc(C)c4)CC3)cn(C3CCC(O)CC3)c2n1.CC[C@@H]1C[C@H]1Nc1ncc2c(C3CCN(C(=O)c4ccccc4)CC3)cn(C3CCC(O)CC3)c2n1.CC[C@H]1C[C@@H]1Nc1ncc2c(C3CCN(C(=O)c4ccccc4)CC3)cn(C3CCC(O)CC3)c2n1. The Bertz CT molecular complexity index is 4460. The highest BCUT2D eigenvalue weighted by atomic mass is 16.3. The third-order valence-electron chi connectivity index (χ3n) is 26.3. The summed E-state index contributed by atoms with van der Waals surface area (Å²) in [4.78, 5) is 78.8. The number of piperidine rings is 3. The van der Waals surface area contributed by atoms with Crippen molar-refractivity contribution in [1.82, 2.24) is 63.3 Å². The number of nitrogens with one attached hydrogen (secondary N) is 3. The van der Waals surface area contributed by atoms with Crippen LogP contribution in [0.1, 0.15) is 270 Å². The van der Waals surface area contributed by atoms with E-state index in [0.717, 1.165) is 252 Å². The fraction of sp³-hybridized carbons (Fsp3) is 0.568. The molecule has 0 spiro atoms. The van der Waals surface area contributed by atoms with E-state index in [1.165, 1.54) is 55.2 Å². The van der Waals surface area contributed by atoms with Crippen LogP contribution in [0.2, 0.25) is 0 Å². The summed E-state index contributed by atoms with van der Waals surface area (Å²) in [6, 6.07) is 25.5. The van der Waals surface area contributed by atoms with Crippen LogP contribution in [0.3, 0.4) is 0 Å². The Morgan fingerprint density at radius 1 is 0.382 bits per heavy atom. The molecule has 0 unspecified atom stereocenters. The van der Waals surface area contributed by atoms with Crippen LogP contribution in [-0.4, -0.2) is 172 Å². The number of benzene rings is 2. The zero-order valence-corrected chi connectivity index (χ0v) is 65.1. The molecule has 2 aromatic carbocycles. The average Bonchev–Trinajstić information content (AvgIpc) is 1.62. The molecular weight excluding hydrogens is 1380 g/mol. The van der Waals surface area contributed by atoms with Crippen LogP contribution in [0, 0.1) is 31.6 Å². The largest absolute Gasteiger partial charge is 0.393 e. The Kier molecular flexibility index (Phi) is 22.7. The van der Waals surface area contributed by atoms with Gasteiger partial charge in [-0.1, -0.05) is 76.4 Å². The zero-order valence-electron chi connectivity index (χ0n) is 65.1. The first-order valence-corrected chi connectivity index (χ1v) is 42.0. The van der Waals surface area contributed by atoms with Crippen LogP contribution in [0.5, 0.6) is 0 Å². The Hall–Kier alpha value is -8.86. The molecule has 6 N–H and O–H groups in total. The van der Waals surface area contributed by atoms with Crippen molar-refractivity contribution in [2.45, 2.75) is 261 Å². The zero-order chi connectivity index (χ0) is 75.7. The molecule has 7 aromatic heterocycles. The summed E-state index contributed by atoms with van der Waals surface area (Å²) in [5, 5.41) is 44.3. The van der Waals surface area contributed by atoms with Crippen molar-refractivity contribution in [3.05, 3.63) is 155 Å². The molecule has 9 aromatic rings. The molecule has 9 fully saturated rings. The van der Waals surface area contributed by atoms with E-state index in [1.807, 2.05) is 120 Å². The number of hydrogen-bond acceptors (Lipinski definition) is 16. The number of rotatable bonds is 18. The predicted molar refractivity (Wildman–Crippen MR) is 431 cm³/mol. The second-order valence-corrected chi connectivity index (χ2v) is 33.7. The predicted octanol–water partition coefficient (Wildman–Crippen LogP) is 15.4. The lowest BCUT2D eigenvalue weighted by Crippen LogP contribution is -2.38.